The largest absolute Gasteiger partial charge is 0.497 e. The van der Waals surface area contributed by atoms with E-state index in [-0.39, 0.29) is 6.10 Å². The van der Waals surface area contributed by atoms with Crippen molar-refractivity contribution in [3.8, 4) is 28.1 Å². The molecule has 0 radical (unpaired) electrons. The van der Waals surface area contributed by atoms with Crippen LogP contribution in [-0.4, -0.2) is 54.6 Å². The van der Waals surface area contributed by atoms with E-state index < -0.39 is 0 Å². The fraction of sp³-hybridized carbons (Fsp3) is 0.308. The van der Waals surface area contributed by atoms with Crippen LogP contribution in [0.5, 0.6) is 16.7 Å². The number of nitrogens with zero attached hydrogens (tertiary/aromatic N) is 4. The smallest absolute Gasteiger partial charge is 0.294 e. The number of benzene rings is 2. The van der Waals surface area contributed by atoms with Crippen molar-refractivity contribution in [3.63, 3.8) is 0 Å². The van der Waals surface area contributed by atoms with Crippen LogP contribution in [0, 0.1) is 0 Å². The molecule has 36 heavy (non-hydrogen) atoms. The number of ether oxygens (including phenoxy) is 4. The van der Waals surface area contributed by atoms with E-state index in [1.54, 1.807) is 18.7 Å². The lowest BCUT2D eigenvalue weighted by Gasteiger charge is -2.33. The molecule has 1 aliphatic rings. The van der Waals surface area contributed by atoms with Crippen molar-refractivity contribution in [1.29, 1.82) is 0 Å². The second-order valence-corrected chi connectivity index (χ2v) is 9.57. The van der Waals surface area contributed by atoms with Crippen molar-refractivity contribution in [1.82, 2.24) is 14.6 Å². The first kappa shape index (κ1) is 22.7. The van der Waals surface area contributed by atoms with Crippen molar-refractivity contribution in [2.24, 2.45) is 0 Å². The quantitative estimate of drug-likeness (QED) is 0.304. The molecule has 1 aliphatic heterocycles. The predicted octanol–water partition coefficient (Wildman–Crippen LogP) is 5.03. The van der Waals surface area contributed by atoms with Crippen LogP contribution in [0.4, 0.5) is 5.69 Å². The molecule has 186 valence electrons. The fourth-order valence-electron chi connectivity index (χ4n) is 4.41. The van der Waals surface area contributed by atoms with Gasteiger partial charge in [-0.05, 0) is 42.5 Å². The molecule has 9 nitrogen and oxygen atoms in total. The molecule has 0 spiro atoms. The molecule has 0 aliphatic carbocycles. The lowest BCUT2D eigenvalue weighted by atomic mass is 10.1. The average Bonchev–Trinajstić information content (AvgIpc) is 3.60. The van der Waals surface area contributed by atoms with Gasteiger partial charge in [-0.3, -0.25) is 0 Å². The number of imidazole rings is 1. The lowest BCUT2D eigenvalue weighted by Crippen LogP contribution is -2.41. The summed E-state index contributed by atoms with van der Waals surface area (Å²) in [6.07, 6.45) is 2.05. The Labute approximate surface area is 211 Å². The van der Waals surface area contributed by atoms with E-state index >= 15 is 0 Å². The van der Waals surface area contributed by atoms with Gasteiger partial charge in [-0.25, -0.2) is 9.50 Å². The zero-order valence-corrected chi connectivity index (χ0v) is 21.1. The van der Waals surface area contributed by atoms with Gasteiger partial charge in [-0.1, -0.05) is 6.07 Å². The van der Waals surface area contributed by atoms with Crippen molar-refractivity contribution in [2.75, 3.05) is 38.8 Å². The maximum atomic E-state index is 6.24. The molecule has 1 atom stereocenters. The van der Waals surface area contributed by atoms with Gasteiger partial charge in [0.15, 0.2) is 5.76 Å². The second kappa shape index (κ2) is 9.36. The number of rotatable bonds is 7. The van der Waals surface area contributed by atoms with Crippen LogP contribution in [0.1, 0.15) is 12.5 Å². The molecule has 0 unspecified atom stereocenters. The SMILES string of the molecule is COc1cc(COc2cccc(N3CCO[C@H](C)C3)c2)c2cc(-c3cn4nc(OC)sc4n3)oc2c1. The van der Waals surface area contributed by atoms with Gasteiger partial charge in [0.1, 0.15) is 29.4 Å². The summed E-state index contributed by atoms with van der Waals surface area (Å²) >= 11 is 1.37. The molecule has 4 heterocycles. The van der Waals surface area contributed by atoms with E-state index in [0.717, 1.165) is 47.0 Å². The van der Waals surface area contributed by atoms with Crippen molar-refractivity contribution in [2.45, 2.75) is 19.6 Å². The molecule has 1 fully saturated rings. The molecule has 0 bridgehead atoms. The van der Waals surface area contributed by atoms with Crippen molar-refractivity contribution >= 4 is 33.0 Å². The van der Waals surface area contributed by atoms with Gasteiger partial charge in [0, 0.05) is 41.9 Å². The molecule has 0 N–H and O–H groups in total. The van der Waals surface area contributed by atoms with E-state index in [4.69, 9.17) is 23.4 Å². The molecular formula is C26H26N4O5S. The first-order valence-electron chi connectivity index (χ1n) is 11.7. The number of methoxy groups -OCH3 is 2. The number of aromatic nitrogens is 3. The van der Waals surface area contributed by atoms with E-state index in [2.05, 4.69) is 34.0 Å². The van der Waals surface area contributed by atoms with E-state index in [0.29, 0.717) is 34.6 Å². The van der Waals surface area contributed by atoms with Gasteiger partial charge in [0.05, 0.1) is 33.1 Å². The third kappa shape index (κ3) is 4.33. The summed E-state index contributed by atoms with van der Waals surface area (Å²) in [4.78, 5) is 7.70. The summed E-state index contributed by atoms with van der Waals surface area (Å²) in [5.41, 5.74) is 3.51. The first-order chi connectivity index (χ1) is 17.6. The summed E-state index contributed by atoms with van der Waals surface area (Å²) in [5.74, 6) is 2.16. The molecule has 6 rings (SSSR count). The van der Waals surface area contributed by atoms with Crippen LogP contribution < -0.4 is 19.1 Å². The van der Waals surface area contributed by atoms with E-state index in [1.807, 2.05) is 36.5 Å². The predicted molar refractivity (Wildman–Crippen MR) is 138 cm³/mol. The molecular weight excluding hydrogens is 480 g/mol. The van der Waals surface area contributed by atoms with Crippen LogP contribution in [0.25, 0.3) is 27.4 Å². The summed E-state index contributed by atoms with van der Waals surface area (Å²) in [7, 11) is 3.24. The summed E-state index contributed by atoms with van der Waals surface area (Å²) in [5, 5.41) is 5.85. The molecule has 2 aromatic carbocycles. The molecule has 5 aromatic rings. The summed E-state index contributed by atoms with van der Waals surface area (Å²) < 4.78 is 30.5. The zero-order valence-electron chi connectivity index (χ0n) is 20.3. The molecule has 3 aromatic heterocycles. The lowest BCUT2D eigenvalue weighted by molar-refractivity contribution is 0.0532. The van der Waals surface area contributed by atoms with Gasteiger partial charge in [0.2, 0.25) is 4.96 Å². The van der Waals surface area contributed by atoms with Crippen LogP contribution in [0.15, 0.2) is 53.1 Å². The fourth-order valence-corrected chi connectivity index (χ4v) is 5.11. The van der Waals surface area contributed by atoms with Gasteiger partial charge < -0.3 is 28.3 Å². The number of anilines is 1. The average molecular weight is 507 g/mol. The van der Waals surface area contributed by atoms with Gasteiger partial charge >= 0.3 is 0 Å². The zero-order chi connectivity index (χ0) is 24.6. The van der Waals surface area contributed by atoms with Crippen molar-refractivity contribution in [3.05, 3.63) is 54.2 Å². The van der Waals surface area contributed by atoms with Crippen LogP contribution in [0.3, 0.4) is 0 Å². The van der Waals surface area contributed by atoms with Crippen LogP contribution in [-0.2, 0) is 11.3 Å². The molecule has 10 heteroatoms. The third-order valence-corrected chi connectivity index (χ3v) is 7.09. The second-order valence-electron chi connectivity index (χ2n) is 8.65. The first-order valence-corrected chi connectivity index (χ1v) is 12.5. The third-order valence-electron chi connectivity index (χ3n) is 6.20. The Morgan fingerprint density at radius 1 is 1.11 bits per heavy atom. The molecule has 0 amide bonds. The Morgan fingerprint density at radius 2 is 2.03 bits per heavy atom. The Morgan fingerprint density at radius 3 is 2.83 bits per heavy atom. The maximum Gasteiger partial charge on any atom is 0.294 e. The van der Waals surface area contributed by atoms with Crippen LogP contribution in [0.2, 0.25) is 0 Å². The highest BCUT2D eigenvalue weighted by Crippen LogP contribution is 2.34. The van der Waals surface area contributed by atoms with Gasteiger partial charge in [-0.15, -0.1) is 5.10 Å². The number of hydrogen-bond acceptors (Lipinski definition) is 9. The maximum absolute atomic E-state index is 6.24. The topological polar surface area (TPSA) is 83.5 Å². The summed E-state index contributed by atoms with van der Waals surface area (Å²) in [6, 6.07) is 14.0. The van der Waals surface area contributed by atoms with Crippen molar-refractivity contribution < 1.29 is 23.4 Å². The Kier molecular flexibility index (Phi) is 5.90. The number of fused-ring (bicyclic) bond motifs is 2. The van der Waals surface area contributed by atoms with Crippen LogP contribution >= 0.6 is 11.3 Å². The Bertz CT molecular complexity index is 1490. The standard InChI is InChI=1S/C26H26N4O5S/c1-16-13-29(7-8-33-16)18-5-4-6-19(10-18)34-15-17-9-20(31-2)11-23-21(17)12-24(35-23)22-14-30-25(27-22)36-26(28-30)32-3/h4-6,9-12,14,16H,7-8,13,15H2,1-3H3/t16-/m1/s1. The Balaban J connectivity index is 1.27. The Hall–Kier alpha value is -3.76. The minimum Gasteiger partial charge on any atom is -0.497 e. The normalized spacial score (nSPS) is 16.1. The number of morpholine rings is 1. The minimum absolute atomic E-state index is 0.215. The summed E-state index contributed by atoms with van der Waals surface area (Å²) in [6.45, 7) is 4.93. The molecule has 0 saturated carbocycles. The molecule has 1 saturated heterocycles. The monoisotopic (exact) mass is 506 g/mol. The van der Waals surface area contributed by atoms with E-state index in [1.165, 1.54) is 11.3 Å². The van der Waals surface area contributed by atoms with E-state index in [9.17, 15) is 0 Å². The highest BCUT2D eigenvalue weighted by molar-refractivity contribution is 7.18. The number of furan rings is 1. The van der Waals surface area contributed by atoms with Gasteiger partial charge in [-0.2, -0.15) is 0 Å². The number of hydrogen-bond donors (Lipinski definition) is 0. The highest BCUT2D eigenvalue weighted by Gasteiger charge is 2.19. The van der Waals surface area contributed by atoms with Gasteiger partial charge in [0.25, 0.3) is 5.19 Å². The highest BCUT2D eigenvalue weighted by atomic mass is 32.1. The minimum atomic E-state index is 0.215.